The normalized spacial score (nSPS) is 10.3. The fraction of sp³-hybridized carbons (Fsp3) is 0.308. The summed E-state index contributed by atoms with van der Waals surface area (Å²) in [6.45, 7) is 4.04. The third-order valence-corrected chi connectivity index (χ3v) is 2.47. The minimum absolute atomic E-state index is 0.295. The van der Waals surface area contributed by atoms with E-state index in [1.807, 2.05) is 37.3 Å². The zero-order valence-electron chi connectivity index (χ0n) is 10.5. The van der Waals surface area contributed by atoms with Crippen LogP contribution in [-0.2, 0) is 11.2 Å². The Balaban J connectivity index is 2.38. The number of ether oxygens (including phenoxy) is 1. The van der Waals surface area contributed by atoms with Gasteiger partial charge in [0.2, 0.25) is 0 Å². The average Bonchev–Trinajstić information content (AvgIpc) is 2.84. The number of para-hydroxylation sites is 1. The van der Waals surface area contributed by atoms with E-state index in [1.54, 1.807) is 6.92 Å². The number of rotatable bonds is 4. The number of carbonyl (C=O) groups is 1. The van der Waals surface area contributed by atoms with Gasteiger partial charge in [0.15, 0.2) is 5.69 Å². The summed E-state index contributed by atoms with van der Waals surface area (Å²) in [5, 5.41) is 8.51. The van der Waals surface area contributed by atoms with Crippen LogP contribution in [0.4, 0.5) is 0 Å². The molecule has 0 spiro atoms. The molecule has 18 heavy (non-hydrogen) atoms. The van der Waals surface area contributed by atoms with Crippen molar-refractivity contribution in [3.05, 3.63) is 41.7 Å². The summed E-state index contributed by atoms with van der Waals surface area (Å²) >= 11 is 0. The van der Waals surface area contributed by atoms with Gasteiger partial charge in [-0.1, -0.05) is 25.1 Å². The van der Waals surface area contributed by atoms with Crippen LogP contribution in [0.15, 0.2) is 30.3 Å². The second-order valence-corrected chi connectivity index (χ2v) is 3.69. The smallest absolute Gasteiger partial charge is 0.360 e. The van der Waals surface area contributed by atoms with Crippen molar-refractivity contribution >= 4 is 5.97 Å². The van der Waals surface area contributed by atoms with Gasteiger partial charge in [0.25, 0.3) is 0 Å². The summed E-state index contributed by atoms with van der Waals surface area (Å²) in [6.07, 6.45) is 0.640. The summed E-state index contributed by atoms with van der Waals surface area (Å²) in [4.78, 5) is 13.2. The highest BCUT2D eigenvalue weighted by Gasteiger charge is 2.18. The lowest BCUT2D eigenvalue weighted by atomic mass is 10.3. The molecule has 5 nitrogen and oxygen atoms in total. The van der Waals surface area contributed by atoms with Gasteiger partial charge in [-0.25, -0.2) is 4.79 Å². The van der Waals surface area contributed by atoms with E-state index < -0.39 is 5.97 Å². The predicted molar refractivity (Wildman–Crippen MR) is 66.7 cm³/mol. The average molecular weight is 245 g/mol. The molecular formula is C13H15N3O2. The Kier molecular flexibility index (Phi) is 3.72. The summed E-state index contributed by atoms with van der Waals surface area (Å²) in [5.41, 5.74) is 1.77. The van der Waals surface area contributed by atoms with Gasteiger partial charge in [0.1, 0.15) is 0 Å². The molecule has 0 bridgehead atoms. The lowest BCUT2D eigenvalue weighted by molar-refractivity contribution is 0.0517. The van der Waals surface area contributed by atoms with Crippen LogP contribution in [0.1, 0.15) is 30.0 Å². The van der Waals surface area contributed by atoms with Crippen molar-refractivity contribution in [2.24, 2.45) is 0 Å². The minimum Gasteiger partial charge on any atom is -0.461 e. The molecule has 0 fully saturated rings. The van der Waals surface area contributed by atoms with Crippen LogP contribution in [0.3, 0.4) is 0 Å². The lowest BCUT2D eigenvalue weighted by Crippen LogP contribution is -2.08. The van der Waals surface area contributed by atoms with Gasteiger partial charge < -0.3 is 4.74 Å². The molecule has 1 heterocycles. The molecule has 2 aromatic rings. The van der Waals surface area contributed by atoms with Gasteiger partial charge in [-0.2, -0.15) is 9.90 Å². The summed E-state index contributed by atoms with van der Waals surface area (Å²) in [6, 6.07) is 9.48. The Morgan fingerprint density at radius 2 is 1.94 bits per heavy atom. The van der Waals surface area contributed by atoms with E-state index in [2.05, 4.69) is 10.2 Å². The number of benzene rings is 1. The van der Waals surface area contributed by atoms with Crippen molar-refractivity contribution < 1.29 is 9.53 Å². The molecule has 0 saturated carbocycles. The summed E-state index contributed by atoms with van der Waals surface area (Å²) in [7, 11) is 0. The first-order valence-electron chi connectivity index (χ1n) is 5.95. The zero-order valence-corrected chi connectivity index (χ0v) is 10.5. The van der Waals surface area contributed by atoms with Crippen LogP contribution in [0, 0.1) is 0 Å². The maximum atomic E-state index is 11.7. The number of hydrogen-bond donors (Lipinski definition) is 0. The number of aryl methyl sites for hydroxylation is 1. The first-order chi connectivity index (χ1) is 8.76. The highest BCUT2D eigenvalue weighted by molar-refractivity contribution is 5.88. The van der Waals surface area contributed by atoms with Crippen LogP contribution >= 0.6 is 0 Å². The predicted octanol–water partition coefficient (Wildman–Crippen LogP) is 2.01. The van der Waals surface area contributed by atoms with Crippen molar-refractivity contribution in [2.45, 2.75) is 20.3 Å². The van der Waals surface area contributed by atoms with Crippen LogP contribution in [0.5, 0.6) is 0 Å². The van der Waals surface area contributed by atoms with E-state index in [1.165, 1.54) is 4.80 Å². The third-order valence-electron chi connectivity index (χ3n) is 2.47. The van der Waals surface area contributed by atoms with E-state index in [9.17, 15) is 4.79 Å². The fourth-order valence-corrected chi connectivity index (χ4v) is 1.61. The lowest BCUT2D eigenvalue weighted by Gasteiger charge is -1.98. The van der Waals surface area contributed by atoms with Gasteiger partial charge in [0, 0.05) is 0 Å². The van der Waals surface area contributed by atoms with Crippen LogP contribution in [0.25, 0.3) is 5.69 Å². The van der Waals surface area contributed by atoms with E-state index in [0.29, 0.717) is 24.4 Å². The van der Waals surface area contributed by atoms with Crippen molar-refractivity contribution in [3.63, 3.8) is 0 Å². The maximum Gasteiger partial charge on any atom is 0.360 e. The minimum atomic E-state index is -0.420. The standard InChI is InChI=1S/C13H15N3O2/c1-3-11-12(13(17)18-4-2)15-16(14-11)10-8-6-5-7-9-10/h5-9H,3-4H2,1-2H3. The van der Waals surface area contributed by atoms with Gasteiger partial charge in [-0.05, 0) is 25.5 Å². The monoisotopic (exact) mass is 245 g/mol. The van der Waals surface area contributed by atoms with Gasteiger partial charge in [0.05, 0.1) is 18.0 Å². The first-order valence-corrected chi connectivity index (χ1v) is 5.95. The molecule has 0 aliphatic rings. The fourth-order valence-electron chi connectivity index (χ4n) is 1.61. The van der Waals surface area contributed by atoms with Crippen molar-refractivity contribution in [3.8, 4) is 5.69 Å². The largest absolute Gasteiger partial charge is 0.461 e. The highest BCUT2D eigenvalue weighted by Crippen LogP contribution is 2.10. The molecule has 1 aromatic carbocycles. The van der Waals surface area contributed by atoms with Gasteiger partial charge in [-0.3, -0.25) is 0 Å². The van der Waals surface area contributed by atoms with Crippen LogP contribution in [0.2, 0.25) is 0 Å². The molecule has 5 heteroatoms. The van der Waals surface area contributed by atoms with Crippen LogP contribution < -0.4 is 0 Å². The third kappa shape index (κ3) is 2.40. The van der Waals surface area contributed by atoms with E-state index >= 15 is 0 Å². The quantitative estimate of drug-likeness (QED) is 0.773. The van der Waals surface area contributed by atoms with E-state index in [0.717, 1.165) is 5.69 Å². The maximum absolute atomic E-state index is 11.7. The first kappa shape index (κ1) is 12.3. The molecule has 0 saturated heterocycles. The van der Waals surface area contributed by atoms with Crippen LogP contribution in [-0.4, -0.2) is 27.6 Å². The number of esters is 1. The molecule has 0 atom stereocenters. The van der Waals surface area contributed by atoms with Crippen molar-refractivity contribution in [2.75, 3.05) is 6.61 Å². The SMILES string of the molecule is CCOC(=O)c1nn(-c2ccccc2)nc1CC. The number of carbonyl (C=O) groups excluding carboxylic acids is 1. The number of hydrogen-bond acceptors (Lipinski definition) is 4. The second kappa shape index (κ2) is 5.44. The Hall–Kier alpha value is -2.17. The van der Waals surface area contributed by atoms with Gasteiger partial charge >= 0.3 is 5.97 Å². The summed E-state index contributed by atoms with van der Waals surface area (Å²) in [5.74, 6) is -0.420. The zero-order chi connectivity index (χ0) is 13.0. The van der Waals surface area contributed by atoms with E-state index in [-0.39, 0.29) is 0 Å². The second-order valence-electron chi connectivity index (χ2n) is 3.69. The topological polar surface area (TPSA) is 57.0 Å². The van der Waals surface area contributed by atoms with Crippen molar-refractivity contribution in [1.29, 1.82) is 0 Å². The molecule has 0 aliphatic heterocycles. The Bertz CT molecular complexity index is 534. The highest BCUT2D eigenvalue weighted by atomic mass is 16.5. The molecule has 0 N–H and O–H groups in total. The molecule has 0 unspecified atom stereocenters. The number of nitrogens with zero attached hydrogens (tertiary/aromatic N) is 3. The Morgan fingerprint density at radius 1 is 1.22 bits per heavy atom. The van der Waals surface area contributed by atoms with Gasteiger partial charge in [-0.15, -0.1) is 5.10 Å². The molecule has 1 aromatic heterocycles. The van der Waals surface area contributed by atoms with Crippen molar-refractivity contribution in [1.82, 2.24) is 15.0 Å². The Morgan fingerprint density at radius 3 is 2.56 bits per heavy atom. The molecule has 0 aliphatic carbocycles. The summed E-state index contributed by atoms with van der Waals surface area (Å²) < 4.78 is 4.96. The molecule has 2 rings (SSSR count). The molecular weight excluding hydrogens is 230 g/mol. The number of aromatic nitrogens is 3. The molecule has 94 valence electrons. The Labute approximate surface area is 105 Å². The van der Waals surface area contributed by atoms with E-state index in [4.69, 9.17) is 4.74 Å². The molecule has 0 radical (unpaired) electrons. The molecule has 0 amide bonds.